The Kier molecular flexibility index (Phi) is 2.59. The number of phenols is 1. The van der Waals surface area contributed by atoms with E-state index in [-0.39, 0.29) is 6.04 Å². The predicted octanol–water partition coefficient (Wildman–Crippen LogP) is 3.66. The summed E-state index contributed by atoms with van der Waals surface area (Å²) in [6.07, 6.45) is 6.63. The highest BCUT2D eigenvalue weighted by molar-refractivity contribution is 5.94. The van der Waals surface area contributed by atoms with E-state index in [1.165, 1.54) is 33.7 Å². The summed E-state index contributed by atoms with van der Waals surface area (Å²) in [6.45, 7) is 4.38. The zero-order valence-corrected chi connectivity index (χ0v) is 13.4. The van der Waals surface area contributed by atoms with E-state index < -0.39 is 0 Å². The third-order valence-electron chi connectivity index (χ3n) is 5.16. The lowest BCUT2D eigenvalue weighted by molar-refractivity contribution is 0.475. The lowest BCUT2D eigenvalue weighted by Gasteiger charge is -2.33. The van der Waals surface area contributed by atoms with Gasteiger partial charge in [-0.2, -0.15) is 0 Å². The molecule has 1 atom stereocenters. The molecular formula is C19H20N2O. The van der Waals surface area contributed by atoms with Gasteiger partial charge in [0.2, 0.25) is 0 Å². The van der Waals surface area contributed by atoms with Gasteiger partial charge in [-0.3, -0.25) is 0 Å². The Morgan fingerprint density at radius 2 is 1.86 bits per heavy atom. The summed E-state index contributed by atoms with van der Waals surface area (Å²) < 4.78 is 0. The van der Waals surface area contributed by atoms with Crippen LogP contribution in [0.3, 0.4) is 0 Å². The average molecular weight is 292 g/mol. The molecule has 0 aromatic heterocycles. The molecule has 0 amide bonds. The second-order valence-electron chi connectivity index (χ2n) is 6.34. The van der Waals surface area contributed by atoms with Crippen LogP contribution in [0.1, 0.15) is 19.4 Å². The standard InChI is InChI=1S/C19H20N2O/c1-11-14-7-8-20(3)12(2)15(14)10-17-16-9-13(22)5-6-18(16)21(4)19(11)17/h5-10,19,22H,1-4H3. The smallest absolute Gasteiger partial charge is 0.116 e. The maximum absolute atomic E-state index is 9.88. The van der Waals surface area contributed by atoms with E-state index in [2.05, 4.69) is 56.1 Å². The van der Waals surface area contributed by atoms with Crippen molar-refractivity contribution in [3.63, 3.8) is 0 Å². The highest BCUT2D eigenvalue weighted by Gasteiger charge is 2.37. The maximum atomic E-state index is 9.88. The molecule has 22 heavy (non-hydrogen) atoms. The summed E-state index contributed by atoms with van der Waals surface area (Å²) in [4.78, 5) is 4.47. The number of aromatic hydroxyl groups is 1. The molecule has 0 bridgehead atoms. The van der Waals surface area contributed by atoms with Gasteiger partial charge in [-0.1, -0.05) is 0 Å². The van der Waals surface area contributed by atoms with Crippen LogP contribution in [0.15, 0.2) is 59.0 Å². The molecule has 1 aromatic carbocycles. The zero-order chi connectivity index (χ0) is 15.6. The van der Waals surface area contributed by atoms with Crippen LogP contribution in [0, 0.1) is 0 Å². The van der Waals surface area contributed by atoms with Gasteiger partial charge in [0.05, 0.1) is 6.04 Å². The average Bonchev–Trinajstić information content (AvgIpc) is 2.76. The van der Waals surface area contributed by atoms with E-state index in [0.717, 1.165) is 5.56 Å². The zero-order valence-electron chi connectivity index (χ0n) is 13.4. The van der Waals surface area contributed by atoms with Crippen molar-refractivity contribution in [3.8, 4) is 5.75 Å². The topological polar surface area (TPSA) is 26.7 Å². The van der Waals surface area contributed by atoms with E-state index in [4.69, 9.17) is 0 Å². The monoisotopic (exact) mass is 292 g/mol. The van der Waals surface area contributed by atoms with Crippen molar-refractivity contribution in [2.75, 3.05) is 19.0 Å². The number of nitrogens with zero attached hydrogens (tertiary/aromatic N) is 2. The van der Waals surface area contributed by atoms with Crippen LogP contribution in [0.25, 0.3) is 5.57 Å². The summed E-state index contributed by atoms with van der Waals surface area (Å²) in [7, 11) is 4.21. The van der Waals surface area contributed by atoms with Gasteiger partial charge in [0.15, 0.2) is 0 Å². The summed E-state index contributed by atoms with van der Waals surface area (Å²) in [5.41, 5.74) is 8.86. The van der Waals surface area contributed by atoms with Gasteiger partial charge in [0.25, 0.3) is 0 Å². The molecule has 112 valence electrons. The Labute approximate surface area is 131 Å². The van der Waals surface area contributed by atoms with Crippen LogP contribution in [0.5, 0.6) is 5.75 Å². The lowest BCUT2D eigenvalue weighted by atomic mass is 9.82. The van der Waals surface area contributed by atoms with Crippen LogP contribution >= 0.6 is 0 Å². The number of hydrogen-bond donors (Lipinski definition) is 1. The summed E-state index contributed by atoms with van der Waals surface area (Å²) in [5.74, 6) is 0.326. The molecule has 1 N–H and O–H groups in total. The van der Waals surface area contributed by atoms with Crippen molar-refractivity contribution in [1.29, 1.82) is 0 Å². The number of likely N-dealkylation sites (N-methyl/N-ethyl adjacent to an activating group) is 1. The van der Waals surface area contributed by atoms with Crippen LogP contribution in [0.2, 0.25) is 0 Å². The molecule has 0 saturated heterocycles. The van der Waals surface area contributed by atoms with Gasteiger partial charge in [-0.15, -0.1) is 0 Å². The van der Waals surface area contributed by atoms with Crippen molar-refractivity contribution < 1.29 is 5.11 Å². The third kappa shape index (κ3) is 1.56. The molecular weight excluding hydrogens is 272 g/mol. The number of phenolic OH excluding ortho intramolecular Hbond substituents is 1. The van der Waals surface area contributed by atoms with Crippen molar-refractivity contribution in [3.05, 3.63) is 64.5 Å². The van der Waals surface area contributed by atoms with Crippen molar-refractivity contribution in [2.24, 2.45) is 0 Å². The van der Waals surface area contributed by atoms with Gasteiger partial charge < -0.3 is 14.9 Å². The lowest BCUT2D eigenvalue weighted by Crippen LogP contribution is -2.31. The number of fused-ring (bicyclic) bond motifs is 4. The fraction of sp³-hybridized carbons (Fsp3) is 0.263. The molecule has 1 aromatic rings. The summed E-state index contributed by atoms with van der Waals surface area (Å²) in [6, 6.07) is 5.92. The third-order valence-corrected chi connectivity index (χ3v) is 5.16. The van der Waals surface area contributed by atoms with Gasteiger partial charge in [-0.25, -0.2) is 0 Å². The van der Waals surface area contributed by atoms with Crippen molar-refractivity contribution >= 4 is 11.3 Å². The normalized spacial score (nSPS) is 22.7. The molecule has 1 unspecified atom stereocenters. The molecule has 0 fully saturated rings. The van der Waals surface area contributed by atoms with Gasteiger partial charge in [0.1, 0.15) is 5.75 Å². The molecule has 0 saturated carbocycles. The Balaban J connectivity index is 1.98. The van der Waals surface area contributed by atoms with Gasteiger partial charge >= 0.3 is 0 Å². The minimum Gasteiger partial charge on any atom is -0.508 e. The van der Waals surface area contributed by atoms with E-state index in [1.54, 1.807) is 6.07 Å². The Bertz CT molecular complexity index is 811. The van der Waals surface area contributed by atoms with Crippen molar-refractivity contribution in [1.82, 2.24) is 4.90 Å². The second-order valence-corrected chi connectivity index (χ2v) is 6.34. The molecule has 2 aliphatic heterocycles. The summed E-state index contributed by atoms with van der Waals surface area (Å²) >= 11 is 0. The predicted molar refractivity (Wildman–Crippen MR) is 90.6 cm³/mol. The first-order chi connectivity index (χ1) is 10.5. The first kappa shape index (κ1) is 13.3. The summed E-state index contributed by atoms with van der Waals surface area (Å²) in [5, 5.41) is 9.88. The number of hydrogen-bond acceptors (Lipinski definition) is 3. The quantitative estimate of drug-likeness (QED) is 0.790. The first-order valence-corrected chi connectivity index (χ1v) is 7.60. The van der Waals surface area contributed by atoms with E-state index in [0.29, 0.717) is 5.75 Å². The minimum absolute atomic E-state index is 0.261. The van der Waals surface area contributed by atoms with E-state index >= 15 is 0 Å². The number of allylic oxidation sites excluding steroid dienone is 5. The minimum atomic E-state index is 0.261. The second kappa shape index (κ2) is 4.29. The van der Waals surface area contributed by atoms with E-state index in [1.807, 2.05) is 12.1 Å². The fourth-order valence-corrected chi connectivity index (χ4v) is 3.84. The number of benzene rings is 1. The largest absolute Gasteiger partial charge is 0.508 e. The highest BCUT2D eigenvalue weighted by atomic mass is 16.3. The van der Waals surface area contributed by atoms with Gasteiger partial charge in [-0.05, 0) is 60.9 Å². The first-order valence-electron chi connectivity index (χ1n) is 7.60. The van der Waals surface area contributed by atoms with Gasteiger partial charge in [0, 0.05) is 42.8 Å². The molecule has 3 heteroatoms. The maximum Gasteiger partial charge on any atom is 0.116 e. The van der Waals surface area contributed by atoms with Crippen LogP contribution < -0.4 is 4.90 Å². The molecule has 0 spiro atoms. The molecule has 2 heterocycles. The SMILES string of the molecule is CC1=C2C=CN(C)C(C)=C2C=C2c3cc(O)ccc3N(C)C21. The Morgan fingerprint density at radius 3 is 2.64 bits per heavy atom. The molecule has 3 aliphatic rings. The van der Waals surface area contributed by atoms with E-state index in [9.17, 15) is 5.11 Å². The molecule has 3 nitrogen and oxygen atoms in total. The van der Waals surface area contributed by atoms with Crippen LogP contribution in [-0.2, 0) is 0 Å². The Hall–Kier alpha value is -2.42. The number of anilines is 1. The molecule has 0 radical (unpaired) electrons. The van der Waals surface area contributed by atoms with Crippen LogP contribution in [0.4, 0.5) is 5.69 Å². The Morgan fingerprint density at radius 1 is 1.09 bits per heavy atom. The van der Waals surface area contributed by atoms with Crippen LogP contribution in [-0.4, -0.2) is 30.1 Å². The molecule has 1 aliphatic carbocycles. The highest BCUT2D eigenvalue weighted by Crippen LogP contribution is 2.48. The number of rotatable bonds is 0. The fourth-order valence-electron chi connectivity index (χ4n) is 3.84. The van der Waals surface area contributed by atoms with Crippen molar-refractivity contribution in [2.45, 2.75) is 19.9 Å². The molecule has 4 rings (SSSR count).